The van der Waals surface area contributed by atoms with Gasteiger partial charge in [-0.05, 0) is 48.4 Å². The third-order valence-electron chi connectivity index (χ3n) is 3.35. The van der Waals surface area contributed by atoms with Crippen LogP contribution in [0.4, 0.5) is 0 Å². The van der Waals surface area contributed by atoms with E-state index in [1.807, 2.05) is 25.1 Å². The van der Waals surface area contributed by atoms with Crippen molar-refractivity contribution in [3.63, 3.8) is 0 Å². The molecule has 0 aliphatic heterocycles. The highest BCUT2D eigenvalue weighted by molar-refractivity contribution is 6.30. The van der Waals surface area contributed by atoms with Gasteiger partial charge < -0.3 is 9.15 Å². The van der Waals surface area contributed by atoms with Gasteiger partial charge in [-0.25, -0.2) is 4.79 Å². The van der Waals surface area contributed by atoms with Crippen molar-refractivity contribution in [1.29, 1.82) is 0 Å². The molecular formula is C19H15ClO3. The van der Waals surface area contributed by atoms with Gasteiger partial charge in [0.05, 0.1) is 5.56 Å². The van der Waals surface area contributed by atoms with E-state index in [0.29, 0.717) is 28.5 Å². The van der Waals surface area contributed by atoms with Crippen LogP contribution in [0.25, 0.3) is 22.1 Å². The van der Waals surface area contributed by atoms with Crippen LogP contribution in [0, 0.1) is 0 Å². The van der Waals surface area contributed by atoms with Gasteiger partial charge in [-0.3, -0.25) is 0 Å². The van der Waals surface area contributed by atoms with E-state index in [1.54, 1.807) is 30.3 Å². The molecule has 2 aromatic carbocycles. The van der Waals surface area contributed by atoms with Gasteiger partial charge in [-0.15, -0.1) is 0 Å². The minimum absolute atomic E-state index is 0.392. The second-order valence-electron chi connectivity index (χ2n) is 5.40. The van der Waals surface area contributed by atoms with Crippen molar-refractivity contribution in [2.24, 2.45) is 0 Å². The van der Waals surface area contributed by atoms with Crippen molar-refractivity contribution in [2.75, 3.05) is 6.61 Å². The molecule has 0 aliphatic carbocycles. The molecule has 3 nitrogen and oxygen atoms in total. The molecule has 0 saturated heterocycles. The average molecular weight is 327 g/mol. The van der Waals surface area contributed by atoms with Crippen LogP contribution >= 0.6 is 11.6 Å². The average Bonchev–Trinajstić information content (AvgIpc) is 2.53. The first kappa shape index (κ1) is 15.4. The molecule has 23 heavy (non-hydrogen) atoms. The van der Waals surface area contributed by atoms with Crippen LogP contribution in [-0.2, 0) is 0 Å². The predicted molar refractivity (Wildman–Crippen MR) is 93.2 cm³/mol. The molecule has 0 unspecified atom stereocenters. The first-order valence-electron chi connectivity index (χ1n) is 7.14. The Morgan fingerprint density at radius 3 is 2.61 bits per heavy atom. The molecule has 3 aromatic rings. The number of hydrogen-bond donors (Lipinski definition) is 0. The maximum atomic E-state index is 12.2. The normalized spacial score (nSPS) is 10.7. The number of benzene rings is 2. The minimum Gasteiger partial charge on any atom is -0.489 e. The molecule has 0 saturated carbocycles. The van der Waals surface area contributed by atoms with Gasteiger partial charge in [-0.2, -0.15) is 0 Å². The van der Waals surface area contributed by atoms with Crippen LogP contribution in [0.5, 0.6) is 5.75 Å². The lowest BCUT2D eigenvalue weighted by atomic mass is 10.1. The Labute approximate surface area is 138 Å². The van der Waals surface area contributed by atoms with Crippen LogP contribution < -0.4 is 10.4 Å². The molecule has 1 aromatic heterocycles. The van der Waals surface area contributed by atoms with E-state index in [0.717, 1.165) is 16.5 Å². The Kier molecular flexibility index (Phi) is 4.22. The Bertz CT molecular complexity index is 923. The Morgan fingerprint density at radius 1 is 1.17 bits per heavy atom. The smallest absolute Gasteiger partial charge is 0.344 e. The van der Waals surface area contributed by atoms with Crippen LogP contribution in [0.1, 0.15) is 6.92 Å². The Balaban J connectivity index is 2.02. The summed E-state index contributed by atoms with van der Waals surface area (Å²) in [5, 5.41) is 1.45. The maximum absolute atomic E-state index is 12.2. The molecule has 1 heterocycles. The number of fused-ring (bicyclic) bond motifs is 1. The lowest BCUT2D eigenvalue weighted by Gasteiger charge is -2.07. The SMILES string of the molecule is C=C(C)COc1ccc2cc(-c3ccc(Cl)cc3)c(=O)oc2c1. The molecule has 0 bridgehead atoms. The van der Waals surface area contributed by atoms with Gasteiger partial charge in [0.15, 0.2) is 0 Å². The zero-order valence-electron chi connectivity index (χ0n) is 12.6. The molecule has 4 heteroatoms. The number of hydrogen-bond acceptors (Lipinski definition) is 3. The molecule has 0 aliphatic rings. The summed E-state index contributed by atoms with van der Waals surface area (Å²) in [6.07, 6.45) is 0. The second kappa shape index (κ2) is 6.31. The van der Waals surface area contributed by atoms with E-state index in [9.17, 15) is 4.79 Å². The fraction of sp³-hybridized carbons (Fsp3) is 0.105. The first-order valence-corrected chi connectivity index (χ1v) is 7.52. The van der Waals surface area contributed by atoms with E-state index < -0.39 is 5.63 Å². The monoisotopic (exact) mass is 326 g/mol. The first-order chi connectivity index (χ1) is 11.0. The largest absolute Gasteiger partial charge is 0.489 e. The van der Waals surface area contributed by atoms with Crippen LogP contribution in [0.3, 0.4) is 0 Å². The van der Waals surface area contributed by atoms with Crippen molar-refractivity contribution in [1.82, 2.24) is 0 Å². The van der Waals surface area contributed by atoms with E-state index in [4.69, 9.17) is 20.8 Å². The van der Waals surface area contributed by atoms with E-state index in [2.05, 4.69) is 6.58 Å². The van der Waals surface area contributed by atoms with E-state index in [-0.39, 0.29) is 0 Å². The molecular weight excluding hydrogens is 312 g/mol. The van der Waals surface area contributed by atoms with Crippen molar-refractivity contribution < 1.29 is 9.15 Å². The van der Waals surface area contributed by atoms with Crippen molar-refractivity contribution >= 4 is 22.6 Å². The third-order valence-corrected chi connectivity index (χ3v) is 3.60. The van der Waals surface area contributed by atoms with Crippen molar-refractivity contribution in [3.8, 4) is 16.9 Å². The zero-order valence-corrected chi connectivity index (χ0v) is 13.4. The van der Waals surface area contributed by atoms with Gasteiger partial charge in [-0.1, -0.05) is 30.3 Å². The molecule has 0 N–H and O–H groups in total. The standard InChI is InChI=1S/C19H15ClO3/c1-12(2)11-22-16-8-5-14-9-17(19(21)23-18(14)10-16)13-3-6-15(20)7-4-13/h3-10H,1,11H2,2H3. The Hall–Kier alpha value is -2.52. The van der Waals surface area contributed by atoms with Crippen molar-refractivity contribution in [2.45, 2.75) is 6.92 Å². The fourth-order valence-electron chi connectivity index (χ4n) is 2.22. The second-order valence-corrected chi connectivity index (χ2v) is 5.84. The van der Waals surface area contributed by atoms with Crippen LogP contribution in [0.2, 0.25) is 5.02 Å². The lowest BCUT2D eigenvalue weighted by molar-refractivity contribution is 0.352. The highest BCUT2D eigenvalue weighted by atomic mass is 35.5. The van der Waals surface area contributed by atoms with Gasteiger partial charge in [0, 0.05) is 16.5 Å². The highest BCUT2D eigenvalue weighted by Gasteiger charge is 2.09. The van der Waals surface area contributed by atoms with Gasteiger partial charge in [0.25, 0.3) is 0 Å². The molecule has 0 atom stereocenters. The highest BCUT2D eigenvalue weighted by Crippen LogP contribution is 2.25. The lowest BCUT2D eigenvalue weighted by Crippen LogP contribution is -2.03. The van der Waals surface area contributed by atoms with Gasteiger partial charge in [0.2, 0.25) is 0 Å². The third kappa shape index (κ3) is 3.46. The molecule has 0 amide bonds. The summed E-state index contributed by atoms with van der Waals surface area (Å²) in [5.41, 5.74) is 2.30. The molecule has 0 radical (unpaired) electrons. The minimum atomic E-state index is -0.392. The zero-order chi connectivity index (χ0) is 16.4. The summed E-state index contributed by atoms with van der Waals surface area (Å²) in [6, 6.07) is 14.3. The molecule has 0 fully saturated rings. The molecule has 116 valence electrons. The topological polar surface area (TPSA) is 39.4 Å². The summed E-state index contributed by atoms with van der Waals surface area (Å²) in [4.78, 5) is 12.2. The summed E-state index contributed by atoms with van der Waals surface area (Å²) in [6.45, 7) is 6.11. The van der Waals surface area contributed by atoms with Gasteiger partial charge in [0.1, 0.15) is 17.9 Å². The van der Waals surface area contributed by atoms with Crippen molar-refractivity contribution in [3.05, 3.63) is 76.1 Å². The summed E-state index contributed by atoms with van der Waals surface area (Å²) >= 11 is 5.88. The number of halogens is 1. The van der Waals surface area contributed by atoms with E-state index in [1.165, 1.54) is 0 Å². The number of rotatable bonds is 4. The quantitative estimate of drug-likeness (QED) is 0.496. The van der Waals surface area contributed by atoms with Crippen LogP contribution in [0.15, 0.2) is 69.9 Å². The number of ether oxygens (including phenoxy) is 1. The maximum Gasteiger partial charge on any atom is 0.344 e. The summed E-state index contributed by atoms with van der Waals surface area (Å²) < 4.78 is 11.0. The predicted octanol–water partition coefficient (Wildman–Crippen LogP) is 5.07. The molecule has 3 rings (SSSR count). The Morgan fingerprint density at radius 2 is 1.91 bits per heavy atom. The van der Waals surface area contributed by atoms with Crippen LogP contribution in [-0.4, -0.2) is 6.61 Å². The van der Waals surface area contributed by atoms with Gasteiger partial charge >= 0.3 is 5.63 Å². The summed E-state index contributed by atoms with van der Waals surface area (Å²) in [5.74, 6) is 0.642. The fourth-order valence-corrected chi connectivity index (χ4v) is 2.34. The molecule has 0 spiro atoms. The van der Waals surface area contributed by atoms with E-state index >= 15 is 0 Å². The summed E-state index contributed by atoms with van der Waals surface area (Å²) in [7, 11) is 0.